The van der Waals surface area contributed by atoms with Crippen molar-refractivity contribution in [3.8, 4) is 5.75 Å². The Kier molecular flexibility index (Phi) is 5.23. The molecule has 0 spiro atoms. The van der Waals surface area contributed by atoms with Crippen molar-refractivity contribution in [2.24, 2.45) is 0 Å². The van der Waals surface area contributed by atoms with E-state index in [1.165, 1.54) is 6.07 Å². The number of methoxy groups -OCH3 is 1. The van der Waals surface area contributed by atoms with Crippen LogP contribution in [0.4, 0.5) is 10.1 Å². The van der Waals surface area contributed by atoms with E-state index < -0.39 is 0 Å². The van der Waals surface area contributed by atoms with Gasteiger partial charge in [0.25, 0.3) is 0 Å². The smallest absolute Gasteiger partial charge is 0.139 e. The Hall–Kier alpha value is -1.55. The third kappa shape index (κ3) is 3.76. The van der Waals surface area contributed by atoms with E-state index in [9.17, 15) is 4.39 Å². The number of hydrogen-bond donors (Lipinski definition) is 1. The Morgan fingerprint density at radius 1 is 1.24 bits per heavy atom. The lowest BCUT2D eigenvalue weighted by atomic mass is 10.0. The zero-order chi connectivity index (χ0) is 15.4. The molecular weight excluding hydrogens is 333 g/mol. The molecule has 0 aliphatic heterocycles. The summed E-state index contributed by atoms with van der Waals surface area (Å²) in [7, 11) is 1.65. The van der Waals surface area contributed by atoms with Crippen molar-refractivity contribution in [2.75, 3.05) is 12.4 Å². The summed E-state index contributed by atoms with van der Waals surface area (Å²) in [5.74, 6) is 0.576. The van der Waals surface area contributed by atoms with Gasteiger partial charge < -0.3 is 10.1 Å². The van der Waals surface area contributed by atoms with Gasteiger partial charge in [0.1, 0.15) is 11.6 Å². The van der Waals surface area contributed by atoms with E-state index in [0.29, 0.717) is 4.47 Å². The van der Waals surface area contributed by atoms with Crippen molar-refractivity contribution in [1.29, 1.82) is 0 Å². The molecule has 0 bridgehead atoms. The number of rotatable bonds is 5. The highest BCUT2D eigenvalue weighted by molar-refractivity contribution is 9.10. The van der Waals surface area contributed by atoms with Gasteiger partial charge in [-0.05, 0) is 64.7 Å². The normalized spacial score (nSPS) is 12.0. The molecule has 0 saturated heterocycles. The minimum atomic E-state index is -0.257. The van der Waals surface area contributed by atoms with Gasteiger partial charge in [-0.25, -0.2) is 4.39 Å². The van der Waals surface area contributed by atoms with E-state index in [4.69, 9.17) is 4.74 Å². The molecule has 0 saturated carbocycles. The molecule has 0 aromatic heterocycles. The fourth-order valence-corrected chi connectivity index (χ4v) is 2.70. The van der Waals surface area contributed by atoms with Crippen LogP contribution in [0.5, 0.6) is 5.75 Å². The van der Waals surface area contributed by atoms with Crippen LogP contribution in [0.1, 0.15) is 30.5 Å². The minimum Gasteiger partial charge on any atom is -0.497 e. The molecule has 0 aliphatic carbocycles. The molecule has 2 aromatic rings. The maximum Gasteiger partial charge on any atom is 0.139 e. The van der Waals surface area contributed by atoms with Gasteiger partial charge in [0, 0.05) is 5.69 Å². The van der Waals surface area contributed by atoms with E-state index in [0.717, 1.165) is 29.0 Å². The number of aryl methyl sites for hydroxylation is 1. The molecule has 112 valence electrons. The van der Waals surface area contributed by atoms with E-state index in [1.807, 2.05) is 31.2 Å². The van der Waals surface area contributed by atoms with Crippen LogP contribution in [0.2, 0.25) is 0 Å². The highest BCUT2D eigenvalue weighted by atomic mass is 79.9. The van der Waals surface area contributed by atoms with Gasteiger partial charge in [-0.2, -0.15) is 0 Å². The average molecular weight is 352 g/mol. The summed E-state index contributed by atoms with van der Waals surface area (Å²) < 4.78 is 19.4. The summed E-state index contributed by atoms with van der Waals surface area (Å²) in [5, 5.41) is 3.42. The first-order chi connectivity index (χ1) is 10.0. The van der Waals surface area contributed by atoms with Crippen molar-refractivity contribution >= 4 is 21.6 Å². The Labute approximate surface area is 133 Å². The second-order valence-electron chi connectivity index (χ2n) is 4.96. The molecule has 2 nitrogen and oxygen atoms in total. The van der Waals surface area contributed by atoms with Gasteiger partial charge in [-0.3, -0.25) is 0 Å². The van der Waals surface area contributed by atoms with E-state index in [-0.39, 0.29) is 11.9 Å². The van der Waals surface area contributed by atoms with E-state index in [1.54, 1.807) is 13.2 Å². The predicted molar refractivity (Wildman–Crippen MR) is 88.5 cm³/mol. The third-order valence-electron chi connectivity index (χ3n) is 3.52. The zero-order valence-electron chi connectivity index (χ0n) is 12.4. The topological polar surface area (TPSA) is 21.3 Å². The van der Waals surface area contributed by atoms with Crippen LogP contribution in [0, 0.1) is 12.7 Å². The van der Waals surface area contributed by atoms with Gasteiger partial charge in [0.2, 0.25) is 0 Å². The summed E-state index contributed by atoms with van der Waals surface area (Å²) >= 11 is 3.21. The van der Waals surface area contributed by atoms with Crippen LogP contribution in [0.3, 0.4) is 0 Å². The molecule has 21 heavy (non-hydrogen) atoms. The molecule has 2 aromatic carbocycles. The molecule has 0 amide bonds. The summed E-state index contributed by atoms with van der Waals surface area (Å²) in [4.78, 5) is 0. The molecular formula is C17H19BrFNO. The number of nitrogens with one attached hydrogen (secondary N) is 1. The summed E-state index contributed by atoms with van der Waals surface area (Å²) in [6.07, 6.45) is 0.906. The number of anilines is 1. The first kappa shape index (κ1) is 15.8. The molecule has 0 fully saturated rings. The SMILES string of the molecule is CCC(Nc1cc(F)c(Br)cc1C)c1ccc(OC)cc1. The predicted octanol–water partition coefficient (Wildman–Crippen LogP) is 5.47. The van der Waals surface area contributed by atoms with Crippen LogP contribution in [-0.2, 0) is 0 Å². The Bertz CT molecular complexity index is 613. The highest BCUT2D eigenvalue weighted by Gasteiger charge is 2.12. The van der Waals surface area contributed by atoms with Gasteiger partial charge in [-0.1, -0.05) is 19.1 Å². The molecule has 2 rings (SSSR count). The van der Waals surface area contributed by atoms with Crippen LogP contribution < -0.4 is 10.1 Å². The van der Waals surface area contributed by atoms with E-state index in [2.05, 4.69) is 28.2 Å². The highest BCUT2D eigenvalue weighted by Crippen LogP contribution is 2.29. The molecule has 1 N–H and O–H groups in total. The van der Waals surface area contributed by atoms with Crippen molar-refractivity contribution in [1.82, 2.24) is 0 Å². The van der Waals surface area contributed by atoms with Crippen molar-refractivity contribution in [2.45, 2.75) is 26.3 Å². The first-order valence-corrected chi connectivity index (χ1v) is 7.70. The van der Waals surface area contributed by atoms with Crippen LogP contribution >= 0.6 is 15.9 Å². The van der Waals surface area contributed by atoms with Gasteiger partial charge in [-0.15, -0.1) is 0 Å². The van der Waals surface area contributed by atoms with Crippen LogP contribution in [0.15, 0.2) is 40.9 Å². The number of ether oxygens (including phenoxy) is 1. The number of benzene rings is 2. The molecule has 1 atom stereocenters. The van der Waals surface area contributed by atoms with Crippen LogP contribution in [0.25, 0.3) is 0 Å². The zero-order valence-corrected chi connectivity index (χ0v) is 14.0. The average Bonchev–Trinajstić information content (AvgIpc) is 2.50. The van der Waals surface area contributed by atoms with Gasteiger partial charge in [0.15, 0.2) is 0 Å². The molecule has 0 radical (unpaired) electrons. The number of halogens is 2. The van der Waals surface area contributed by atoms with Crippen molar-refractivity contribution in [3.63, 3.8) is 0 Å². The third-order valence-corrected chi connectivity index (χ3v) is 4.13. The standard InChI is InChI=1S/C17H19BrFNO/c1-4-16(12-5-7-13(21-3)8-6-12)20-17-10-15(19)14(18)9-11(17)2/h5-10,16,20H,4H2,1-3H3. The second-order valence-corrected chi connectivity index (χ2v) is 5.81. The van der Waals surface area contributed by atoms with E-state index >= 15 is 0 Å². The first-order valence-electron chi connectivity index (χ1n) is 6.91. The molecule has 0 heterocycles. The quantitative estimate of drug-likeness (QED) is 0.771. The maximum absolute atomic E-state index is 13.7. The van der Waals surface area contributed by atoms with Gasteiger partial charge >= 0.3 is 0 Å². The minimum absolute atomic E-state index is 0.134. The van der Waals surface area contributed by atoms with Crippen LogP contribution in [-0.4, -0.2) is 7.11 Å². The largest absolute Gasteiger partial charge is 0.497 e. The maximum atomic E-state index is 13.7. The molecule has 4 heteroatoms. The number of hydrogen-bond acceptors (Lipinski definition) is 2. The monoisotopic (exact) mass is 351 g/mol. The lowest BCUT2D eigenvalue weighted by molar-refractivity contribution is 0.414. The lowest BCUT2D eigenvalue weighted by Gasteiger charge is -2.21. The second kappa shape index (κ2) is 6.94. The van der Waals surface area contributed by atoms with Crippen molar-refractivity contribution < 1.29 is 9.13 Å². The Balaban J connectivity index is 2.24. The molecule has 1 unspecified atom stereocenters. The fourth-order valence-electron chi connectivity index (χ4n) is 2.25. The fraction of sp³-hybridized carbons (Fsp3) is 0.294. The molecule has 0 aliphatic rings. The van der Waals surface area contributed by atoms with Gasteiger partial charge in [0.05, 0.1) is 17.6 Å². The summed E-state index contributed by atoms with van der Waals surface area (Å²) in [6.45, 7) is 4.07. The summed E-state index contributed by atoms with van der Waals surface area (Å²) in [5.41, 5.74) is 2.98. The Morgan fingerprint density at radius 2 is 1.90 bits per heavy atom. The summed E-state index contributed by atoms with van der Waals surface area (Å²) in [6, 6.07) is 11.4. The Morgan fingerprint density at radius 3 is 2.48 bits per heavy atom. The van der Waals surface area contributed by atoms with Crippen molar-refractivity contribution in [3.05, 3.63) is 57.8 Å². The lowest BCUT2D eigenvalue weighted by Crippen LogP contribution is -2.11.